The van der Waals surface area contributed by atoms with Crippen molar-refractivity contribution in [1.29, 1.82) is 0 Å². The lowest BCUT2D eigenvalue weighted by molar-refractivity contribution is -0.145. The van der Waals surface area contributed by atoms with Gasteiger partial charge in [-0.3, -0.25) is 4.79 Å². The molecule has 3 rings (SSSR count). The minimum Gasteiger partial charge on any atom is -0.497 e. The summed E-state index contributed by atoms with van der Waals surface area (Å²) in [6.45, 7) is 4.21. The fourth-order valence-corrected chi connectivity index (χ4v) is 3.00. The molecule has 0 saturated carbocycles. The van der Waals surface area contributed by atoms with Gasteiger partial charge in [0, 0.05) is 17.2 Å². The molecule has 0 bridgehead atoms. The third-order valence-electron chi connectivity index (χ3n) is 3.95. The molecule has 2 aromatic carbocycles. The fraction of sp³-hybridized carbons (Fsp3) is 0.300. The van der Waals surface area contributed by atoms with Gasteiger partial charge in [0.25, 0.3) is 0 Å². The zero-order valence-corrected chi connectivity index (χ0v) is 15.3. The molecule has 1 aromatic heterocycles. The van der Waals surface area contributed by atoms with Gasteiger partial charge in [-0.1, -0.05) is 31.5 Å². The summed E-state index contributed by atoms with van der Waals surface area (Å²) < 4.78 is 10.6. The number of hydrogen-bond donors (Lipinski definition) is 0. The van der Waals surface area contributed by atoms with Crippen molar-refractivity contribution in [3.63, 3.8) is 0 Å². The minimum absolute atomic E-state index is 0.192. The summed E-state index contributed by atoms with van der Waals surface area (Å²) in [5.41, 5.74) is 2.50. The van der Waals surface area contributed by atoms with Crippen molar-refractivity contribution < 1.29 is 14.3 Å². The van der Waals surface area contributed by atoms with Crippen LogP contribution in [0.2, 0.25) is 5.02 Å². The highest BCUT2D eigenvalue weighted by Crippen LogP contribution is 2.33. The van der Waals surface area contributed by atoms with Gasteiger partial charge in [-0.15, -0.1) is 0 Å². The molecular weight excluding hydrogens is 338 g/mol. The number of aromatic nitrogens is 1. The van der Waals surface area contributed by atoms with E-state index in [2.05, 4.69) is 4.98 Å². The highest BCUT2D eigenvalue weighted by molar-refractivity contribution is 6.40. The molecule has 3 aromatic rings. The Labute approximate surface area is 151 Å². The SMILES string of the molecule is COc1ccc2nc3ccc(COC(=O)CC(C)C)cc3c(Cl)c2c1. The number of esters is 1. The Morgan fingerprint density at radius 2 is 1.80 bits per heavy atom. The van der Waals surface area contributed by atoms with Crippen LogP contribution in [0.3, 0.4) is 0 Å². The van der Waals surface area contributed by atoms with Gasteiger partial charge >= 0.3 is 5.97 Å². The van der Waals surface area contributed by atoms with Crippen LogP contribution in [0.5, 0.6) is 5.75 Å². The maximum atomic E-state index is 11.7. The topological polar surface area (TPSA) is 48.4 Å². The number of benzene rings is 2. The van der Waals surface area contributed by atoms with Crippen molar-refractivity contribution in [1.82, 2.24) is 4.98 Å². The predicted molar refractivity (Wildman–Crippen MR) is 100 cm³/mol. The van der Waals surface area contributed by atoms with E-state index >= 15 is 0 Å². The van der Waals surface area contributed by atoms with Gasteiger partial charge in [0.1, 0.15) is 12.4 Å². The molecule has 130 valence electrons. The summed E-state index contributed by atoms with van der Waals surface area (Å²) >= 11 is 6.60. The van der Waals surface area contributed by atoms with Gasteiger partial charge in [-0.2, -0.15) is 0 Å². The average molecular weight is 358 g/mol. The Morgan fingerprint density at radius 1 is 1.12 bits per heavy atom. The third kappa shape index (κ3) is 3.85. The molecule has 0 saturated heterocycles. The number of pyridine rings is 1. The Hall–Kier alpha value is -2.33. The molecule has 4 nitrogen and oxygen atoms in total. The molecule has 0 spiro atoms. The molecule has 0 atom stereocenters. The molecular formula is C20H20ClNO3. The van der Waals surface area contributed by atoms with Gasteiger partial charge in [-0.05, 0) is 41.8 Å². The second-order valence-corrected chi connectivity index (χ2v) is 6.80. The van der Waals surface area contributed by atoms with Crippen LogP contribution in [0.1, 0.15) is 25.8 Å². The molecule has 5 heteroatoms. The van der Waals surface area contributed by atoms with Crippen LogP contribution in [0.4, 0.5) is 0 Å². The van der Waals surface area contributed by atoms with Crippen molar-refractivity contribution in [3.8, 4) is 5.75 Å². The van der Waals surface area contributed by atoms with Crippen LogP contribution < -0.4 is 4.74 Å². The molecule has 25 heavy (non-hydrogen) atoms. The van der Waals surface area contributed by atoms with Crippen molar-refractivity contribution >= 4 is 39.4 Å². The number of carbonyl (C=O) groups is 1. The molecule has 0 aliphatic rings. The van der Waals surface area contributed by atoms with Crippen molar-refractivity contribution in [2.75, 3.05) is 7.11 Å². The molecule has 0 aliphatic heterocycles. The number of carbonyl (C=O) groups excluding carboxylic acids is 1. The summed E-state index contributed by atoms with van der Waals surface area (Å²) in [5.74, 6) is 0.820. The maximum absolute atomic E-state index is 11.7. The quantitative estimate of drug-likeness (QED) is 0.468. The van der Waals surface area contributed by atoms with E-state index in [1.165, 1.54) is 0 Å². The normalized spacial score (nSPS) is 11.2. The van der Waals surface area contributed by atoms with Crippen LogP contribution in [-0.4, -0.2) is 18.1 Å². The molecule has 0 aliphatic carbocycles. The van der Waals surface area contributed by atoms with Crippen molar-refractivity contribution in [3.05, 3.63) is 47.0 Å². The highest BCUT2D eigenvalue weighted by Gasteiger charge is 2.11. The summed E-state index contributed by atoms with van der Waals surface area (Å²) in [7, 11) is 1.62. The van der Waals surface area contributed by atoms with E-state index < -0.39 is 0 Å². The van der Waals surface area contributed by atoms with E-state index in [9.17, 15) is 4.79 Å². The molecule has 0 amide bonds. The van der Waals surface area contributed by atoms with E-state index in [4.69, 9.17) is 21.1 Å². The number of rotatable bonds is 5. The number of nitrogens with zero attached hydrogens (tertiary/aromatic N) is 1. The van der Waals surface area contributed by atoms with Gasteiger partial charge in [0.15, 0.2) is 0 Å². The number of fused-ring (bicyclic) bond motifs is 2. The van der Waals surface area contributed by atoms with Crippen molar-refractivity contribution in [2.45, 2.75) is 26.9 Å². The van der Waals surface area contributed by atoms with Crippen LogP contribution in [-0.2, 0) is 16.1 Å². The lowest BCUT2D eigenvalue weighted by Crippen LogP contribution is -2.07. The number of halogens is 1. The van der Waals surface area contributed by atoms with E-state index in [1.54, 1.807) is 7.11 Å². The van der Waals surface area contributed by atoms with E-state index in [0.717, 1.165) is 33.1 Å². The second-order valence-electron chi connectivity index (χ2n) is 6.42. The molecule has 0 radical (unpaired) electrons. The first-order valence-electron chi connectivity index (χ1n) is 8.19. The minimum atomic E-state index is -0.192. The maximum Gasteiger partial charge on any atom is 0.306 e. The number of hydrogen-bond acceptors (Lipinski definition) is 4. The molecule has 0 unspecified atom stereocenters. The lowest BCUT2D eigenvalue weighted by atomic mass is 10.1. The number of methoxy groups -OCH3 is 1. The Bertz CT molecular complexity index is 937. The van der Waals surface area contributed by atoms with Gasteiger partial charge in [0.05, 0.1) is 23.2 Å². The Balaban J connectivity index is 1.94. The first kappa shape index (κ1) is 17.5. The number of ether oxygens (including phenoxy) is 2. The van der Waals surface area contributed by atoms with Crippen LogP contribution in [0, 0.1) is 5.92 Å². The summed E-state index contributed by atoms with van der Waals surface area (Å²) in [5, 5.41) is 2.29. The summed E-state index contributed by atoms with van der Waals surface area (Å²) in [6, 6.07) is 11.4. The van der Waals surface area contributed by atoms with E-state index in [0.29, 0.717) is 11.4 Å². The lowest BCUT2D eigenvalue weighted by Gasteiger charge is -2.10. The molecule has 1 heterocycles. The van der Waals surface area contributed by atoms with E-state index in [1.807, 2.05) is 50.2 Å². The summed E-state index contributed by atoms with van der Waals surface area (Å²) in [4.78, 5) is 16.4. The fourth-order valence-electron chi connectivity index (χ4n) is 2.69. The van der Waals surface area contributed by atoms with E-state index in [-0.39, 0.29) is 18.5 Å². The monoisotopic (exact) mass is 357 g/mol. The zero-order chi connectivity index (χ0) is 18.0. The van der Waals surface area contributed by atoms with Gasteiger partial charge in [0.2, 0.25) is 0 Å². The first-order chi connectivity index (χ1) is 12.0. The van der Waals surface area contributed by atoms with Gasteiger partial charge < -0.3 is 9.47 Å². The second kappa shape index (κ2) is 7.28. The Kier molecular flexibility index (Phi) is 5.09. The standard InChI is InChI=1S/C20H20ClNO3/c1-12(2)8-19(23)25-11-13-4-6-17-15(9-13)20(21)16-10-14(24-3)5-7-18(16)22-17/h4-7,9-10,12H,8,11H2,1-3H3. The first-order valence-corrected chi connectivity index (χ1v) is 8.57. The zero-order valence-electron chi connectivity index (χ0n) is 14.5. The highest BCUT2D eigenvalue weighted by atomic mass is 35.5. The summed E-state index contributed by atoms with van der Waals surface area (Å²) in [6.07, 6.45) is 0.417. The average Bonchev–Trinajstić information content (AvgIpc) is 2.59. The Morgan fingerprint density at radius 3 is 2.48 bits per heavy atom. The molecule has 0 fully saturated rings. The van der Waals surface area contributed by atoms with Crippen LogP contribution >= 0.6 is 11.6 Å². The molecule has 0 N–H and O–H groups in total. The van der Waals surface area contributed by atoms with Crippen LogP contribution in [0.25, 0.3) is 21.8 Å². The largest absolute Gasteiger partial charge is 0.497 e. The van der Waals surface area contributed by atoms with Gasteiger partial charge in [-0.25, -0.2) is 4.98 Å². The third-order valence-corrected chi connectivity index (χ3v) is 4.36. The van der Waals surface area contributed by atoms with Crippen LogP contribution in [0.15, 0.2) is 36.4 Å². The van der Waals surface area contributed by atoms with Crippen molar-refractivity contribution in [2.24, 2.45) is 5.92 Å². The smallest absolute Gasteiger partial charge is 0.306 e. The predicted octanol–water partition coefficient (Wildman–Crippen LogP) is 5.14.